The third-order valence-corrected chi connectivity index (χ3v) is 6.15. The van der Waals surface area contributed by atoms with Gasteiger partial charge in [-0.2, -0.15) is 5.10 Å². The van der Waals surface area contributed by atoms with Crippen LogP contribution in [0.3, 0.4) is 0 Å². The van der Waals surface area contributed by atoms with E-state index in [1.165, 1.54) is 10.6 Å². The number of aromatic nitrogens is 1. The first-order chi connectivity index (χ1) is 13.8. The Hall–Kier alpha value is -2.48. The Morgan fingerprint density at radius 1 is 1.11 bits per heavy atom. The van der Waals surface area contributed by atoms with Gasteiger partial charge in [0, 0.05) is 24.2 Å². The van der Waals surface area contributed by atoms with E-state index in [2.05, 4.69) is 63.6 Å². The van der Waals surface area contributed by atoms with Gasteiger partial charge in [-0.15, -0.1) is 29.3 Å². The van der Waals surface area contributed by atoms with E-state index >= 15 is 0 Å². The van der Waals surface area contributed by atoms with Crippen LogP contribution in [0.1, 0.15) is 5.56 Å². The molecule has 0 unspecified atom stereocenters. The minimum atomic E-state index is 0.578. The summed E-state index contributed by atoms with van der Waals surface area (Å²) in [7, 11) is 0. The molecule has 0 spiro atoms. The Kier molecular flexibility index (Phi) is 6.16. The molecule has 1 saturated heterocycles. The summed E-state index contributed by atoms with van der Waals surface area (Å²) in [6.45, 7) is 7.80. The lowest BCUT2D eigenvalue weighted by Crippen LogP contribution is -2.36. The maximum Gasteiger partial charge on any atom is 0.206 e. The van der Waals surface area contributed by atoms with Gasteiger partial charge in [-0.3, -0.25) is 4.99 Å². The van der Waals surface area contributed by atoms with Crippen molar-refractivity contribution in [1.29, 1.82) is 0 Å². The lowest BCUT2D eigenvalue weighted by atomic mass is 10.2. The number of thiazole rings is 1. The fourth-order valence-corrected chi connectivity index (χ4v) is 4.61. The quantitative estimate of drug-likeness (QED) is 0.454. The van der Waals surface area contributed by atoms with Gasteiger partial charge in [-0.25, -0.2) is 4.68 Å². The summed E-state index contributed by atoms with van der Waals surface area (Å²) in [6, 6.07) is 12.7. The fraction of sp³-hybridized carbons (Fsp3) is 0.238. The number of anilines is 1. The summed E-state index contributed by atoms with van der Waals surface area (Å²) >= 11 is 3.29. The molecule has 2 aromatic heterocycles. The summed E-state index contributed by atoms with van der Waals surface area (Å²) in [6.07, 6.45) is 3.68. The predicted molar refractivity (Wildman–Crippen MR) is 119 cm³/mol. The zero-order valence-corrected chi connectivity index (χ0v) is 17.2. The van der Waals surface area contributed by atoms with E-state index in [0.717, 1.165) is 42.4 Å². The van der Waals surface area contributed by atoms with E-state index in [0.29, 0.717) is 6.54 Å². The van der Waals surface area contributed by atoms with Crippen molar-refractivity contribution in [2.75, 3.05) is 37.7 Å². The monoisotopic (exact) mass is 410 g/mol. The van der Waals surface area contributed by atoms with Crippen LogP contribution in [0.4, 0.5) is 5.69 Å². The van der Waals surface area contributed by atoms with Crippen LogP contribution in [0.5, 0.6) is 0 Å². The van der Waals surface area contributed by atoms with Crippen LogP contribution in [0, 0.1) is 0 Å². The van der Waals surface area contributed by atoms with E-state index in [-0.39, 0.29) is 0 Å². The van der Waals surface area contributed by atoms with Gasteiger partial charge < -0.3 is 9.64 Å². The smallest absolute Gasteiger partial charge is 0.206 e. The Morgan fingerprint density at radius 2 is 1.93 bits per heavy atom. The number of rotatable bonds is 6. The average Bonchev–Trinajstić information content (AvgIpc) is 3.41. The molecule has 0 N–H and O–H groups in total. The lowest BCUT2D eigenvalue weighted by molar-refractivity contribution is 0.122. The second-order valence-electron chi connectivity index (χ2n) is 6.26. The van der Waals surface area contributed by atoms with Crippen LogP contribution in [-0.2, 0) is 4.74 Å². The Morgan fingerprint density at radius 3 is 2.64 bits per heavy atom. The number of hydrogen-bond acceptors (Lipinski definition) is 6. The van der Waals surface area contributed by atoms with Crippen molar-refractivity contribution in [3.8, 4) is 10.6 Å². The van der Waals surface area contributed by atoms with Crippen molar-refractivity contribution in [3.63, 3.8) is 0 Å². The first-order valence-corrected chi connectivity index (χ1v) is 10.9. The number of ether oxygens (including phenoxy) is 1. The highest BCUT2D eigenvalue weighted by atomic mass is 32.1. The molecule has 1 fully saturated rings. The zero-order valence-electron chi connectivity index (χ0n) is 15.5. The van der Waals surface area contributed by atoms with Gasteiger partial charge in [0.1, 0.15) is 0 Å². The van der Waals surface area contributed by atoms with Crippen molar-refractivity contribution >= 4 is 34.6 Å². The SMILES string of the molecule is C=CCN=c1scc(-c2cccs2)n1/N=C/c1ccc(N2CCOCC2)cc1. The Bertz CT molecular complexity index is 994. The standard InChI is InChI=1S/C21H22N4OS2/c1-2-9-22-21-25(19(16-28-21)20-4-3-14-27-20)23-15-17-5-7-18(8-6-17)24-10-12-26-13-11-24/h2-8,14-16H,1,9-13H2/b22-21?,23-15+. The zero-order chi connectivity index (χ0) is 19.2. The van der Waals surface area contributed by atoms with Crippen molar-refractivity contribution in [2.24, 2.45) is 10.1 Å². The Balaban J connectivity index is 1.60. The van der Waals surface area contributed by atoms with E-state index in [4.69, 9.17) is 9.84 Å². The maximum atomic E-state index is 5.43. The molecular weight excluding hydrogens is 388 g/mol. The minimum absolute atomic E-state index is 0.578. The third-order valence-electron chi connectivity index (χ3n) is 4.41. The number of morpholine rings is 1. The van der Waals surface area contributed by atoms with Crippen LogP contribution in [-0.4, -0.2) is 43.7 Å². The molecule has 1 aliphatic heterocycles. The van der Waals surface area contributed by atoms with Crippen molar-refractivity contribution < 1.29 is 4.74 Å². The van der Waals surface area contributed by atoms with E-state index < -0.39 is 0 Å². The van der Waals surface area contributed by atoms with Crippen LogP contribution in [0.25, 0.3) is 10.6 Å². The first kappa shape index (κ1) is 18.9. The number of nitrogens with zero attached hydrogens (tertiary/aromatic N) is 4. The average molecular weight is 411 g/mol. The molecule has 5 nitrogen and oxygen atoms in total. The van der Waals surface area contributed by atoms with E-state index in [1.807, 2.05) is 10.9 Å². The van der Waals surface area contributed by atoms with E-state index in [1.54, 1.807) is 28.7 Å². The highest BCUT2D eigenvalue weighted by Crippen LogP contribution is 2.25. The molecule has 0 amide bonds. The normalized spacial score (nSPS) is 15.4. The van der Waals surface area contributed by atoms with Gasteiger partial charge in [0.2, 0.25) is 4.80 Å². The summed E-state index contributed by atoms with van der Waals surface area (Å²) in [5, 5.41) is 8.91. The molecule has 1 aliphatic rings. The number of thiophene rings is 1. The fourth-order valence-electron chi connectivity index (χ4n) is 2.97. The van der Waals surface area contributed by atoms with Gasteiger partial charge >= 0.3 is 0 Å². The number of benzene rings is 1. The largest absolute Gasteiger partial charge is 0.378 e. The van der Waals surface area contributed by atoms with Crippen molar-refractivity contribution in [3.05, 3.63) is 70.2 Å². The minimum Gasteiger partial charge on any atom is -0.378 e. The van der Waals surface area contributed by atoms with Crippen molar-refractivity contribution in [2.45, 2.75) is 0 Å². The molecule has 0 saturated carbocycles. The van der Waals surface area contributed by atoms with E-state index in [9.17, 15) is 0 Å². The van der Waals surface area contributed by atoms with Crippen molar-refractivity contribution in [1.82, 2.24) is 4.68 Å². The molecule has 4 rings (SSSR count). The molecule has 0 radical (unpaired) electrons. The molecule has 0 atom stereocenters. The molecule has 144 valence electrons. The molecule has 0 aliphatic carbocycles. The lowest BCUT2D eigenvalue weighted by Gasteiger charge is -2.28. The Labute approximate surface area is 172 Å². The van der Waals surface area contributed by atoms with Crippen LogP contribution in [0.2, 0.25) is 0 Å². The summed E-state index contributed by atoms with van der Waals surface area (Å²) in [4.78, 5) is 8.97. The molecule has 0 bridgehead atoms. The second kappa shape index (κ2) is 9.14. The third kappa shape index (κ3) is 4.32. The first-order valence-electron chi connectivity index (χ1n) is 9.18. The van der Waals surface area contributed by atoms with Crippen LogP contribution >= 0.6 is 22.7 Å². The molecule has 7 heteroatoms. The summed E-state index contributed by atoms with van der Waals surface area (Å²) < 4.78 is 7.34. The molecule has 28 heavy (non-hydrogen) atoms. The van der Waals surface area contributed by atoms with Gasteiger partial charge in [0.05, 0.1) is 36.5 Å². The summed E-state index contributed by atoms with van der Waals surface area (Å²) in [5.41, 5.74) is 3.34. The predicted octanol–water partition coefficient (Wildman–Crippen LogP) is 4.08. The summed E-state index contributed by atoms with van der Waals surface area (Å²) in [5.74, 6) is 0. The highest BCUT2D eigenvalue weighted by Gasteiger charge is 2.11. The van der Waals surface area contributed by atoms with Gasteiger partial charge in [-0.05, 0) is 29.1 Å². The molecule has 3 heterocycles. The highest BCUT2D eigenvalue weighted by molar-refractivity contribution is 7.14. The van der Waals surface area contributed by atoms with Gasteiger partial charge in [0.15, 0.2) is 0 Å². The second-order valence-corrected chi connectivity index (χ2v) is 8.04. The van der Waals surface area contributed by atoms with Crippen LogP contribution in [0.15, 0.2) is 69.9 Å². The molecule has 3 aromatic rings. The molecule has 1 aromatic carbocycles. The number of hydrogen-bond donors (Lipinski definition) is 0. The maximum absolute atomic E-state index is 5.43. The van der Waals surface area contributed by atoms with Gasteiger partial charge in [-0.1, -0.05) is 24.3 Å². The van der Waals surface area contributed by atoms with Crippen LogP contribution < -0.4 is 9.70 Å². The van der Waals surface area contributed by atoms with Gasteiger partial charge in [0.25, 0.3) is 0 Å². The topological polar surface area (TPSA) is 42.1 Å². The molecular formula is C21H22N4OS2.